The van der Waals surface area contributed by atoms with Crippen LogP contribution in [0.2, 0.25) is 0 Å². The van der Waals surface area contributed by atoms with Crippen molar-refractivity contribution in [3.63, 3.8) is 0 Å². The molecule has 0 radical (unpaired) electrons. The van der Waals surface area contributed by atoms with Crippen LogP contribution in [0.5, 0.6) is 0 Å². The van der Waals surface area contributed by atoms with Crippen LogP contribution in [0.4, 0.5) is 10.1 Å². The summed E-state index contributed by atoms with van der Waals surface area (Å²) in [6.45, 7) is 0. The van der Waals surface area contributed by atoms with E-state index >= 15 is 0 Å². The van der Waals surface area contributed by atoms with Crippen LogP contribution in [-0.2, 0) is 0 Å². The highest BCUT2D eigenvalue weighted by molar-refractivity contribution is 6.03. The Kier molecular flexibility index (Phi) is 4.05. The molecule has 5 nitrogen and oxygen atoms in total. The van der Waals surface area contributed by atoms with E-state index < -0.39 is 28.1 Å². The van der Waals surface area contributed by atoms with Crippen LogP contribution in [0.1, 0.15) is 21.8 Å². The second-order valence-corrected chi connectivity index (χ2v) is 4.29. The van der Waals surface area contributed by atoms with Gasteiger partial charge in [-0.1, -0.05) is 30.3 Å². The number of carbonyl (C=O) groups excluding carboxylic acids is 1. The Labute approximate surface area is 119 Å². The Balaban J connectivity index is 2.44. The van der Waals surface area contributed by atoms with Gasteiger partial charge in [-0.2, -0.15) is 5.26 Å². The third kappa shape index (κ3) is 3.09. The van der Waals surface area contributed by atoms with Crippen LogP contribution >= 0.6 is 0 Å². The maximum atomic E-state index is 13.4. The summed E-state index contributed by atoms with van der Waals surface area (Å²) in [4.78, 5) is 22.2. The fourth-order valence-corrected chi connectivity index (χ4v) is 1.92. The number of nitro benzene ring substituents is 1. The number of carbonyl (C=O) groups is 1. The van der Waals surface area contributed by atoms with Gasteiger partial charge in [-0.3, -0.25) is 14.9 Å². The van der Waals surface area contributed by atoms with E-state index in [1.807, 2.05) is 6.07 Å². The van der Waals surface area contributed by atoms with E-state index in [4.69, 9.17) is 5.26 Å². The molecular formula is C15H9FN2O3. The molecule has 6 heteroatoms. The van der Waals surface area contributed by atoms with Crippen molar-refractivity contribution in [2.45, 2.75) is 5.92 Å². The predicted octanol–water partition coefficient (Wildman–Crippen LogP) is 3.22. The molecule has 2 aromatic carbocycles. The second-order valence-electron chi connectivity index (χ2n) is 4.29. The largest absolute Gasteiger partial charge is 0.292 e. The number of Topliss-reactive ketones (excluding diaryl/α,β-unsaturated/α-hetero) is 1. The van der Waals surface area contributed by atoms with Gasteiger partial charge in [-0.05, 0) is 11.6 Å². The van der Waals surface area contributed by atoms with Gasteiger partial charge >= 0.3 is 0 Å². The van der Waals surface area contributed by atoms with Gasteiger partial charge in [0.1, 0.15) is 11.7 Å². The highest BCUT2D eigenvalue weighted by Gasteiger charge is 2.24. The molecule has 0 aliphatic rings. The van der Waals surface area contributed by atoms with Crippen LogP contribution < -0.4 is 0 Å². The molecule has 0 heterocycles. The topological polar surface area (TPSA) is 84.0 Å². The minimum atomic E-state index is -1.13. The summed E-state index contributed by atoms with van der Waals surface area (Å²) in [6, 6.07) is 12.7. The van der Waals surface area contributed by atoms with Crippen LogP contribution in [0, 0.1) is 27.3 Å². The van der Waals surface area contributed by atoms with Crippen LogP contribution in [0.3, 0.4) is 0 Å². The van der Waals surface area contributed by atoms with Gasteiger partial charge in [-0.25, -0.2) is 4.39 Å². The number of hydrogen-bond acceptors (Lipinski definition) is 4. The number of nitro groups is 1. The van der Waals surface area contributed by atoms with Gasteiger partial charge < -0.3 is 0 Å². The lowest BCUT2D eigenvalue weighted by molar-refractivity contribution is -0.385. The minimum absolute atomic E-state index is 0.197. The molecule has 2 aromatic rings. The molecule has 1 unspecified atom stereocenters. The van der Waals surface area contributed by atoms with E-state index in [1.54, 1.807) is 30.3 Å². The molecule has 0 aliphatic heterocycles. The second kappa shape index (κ2) is 5.92. The fourth-order valence-electron chi connectivity index (χ4n) is 1.92. The molecule has 0 fully saturated rings. The van der Waals surface area contributed by atoms with Crippen molar-refractivity contribution in [3.05, 3.63) is 75.6 Å². The molecule has 104 valence electrons. The number of halogens is 1. The molecule has 2 rings (SSSR count). The van der Waals surface area contributed by atoms with Crippen LogP contribution in [0.15, 0.2) is 48.5 Å². The lowest BCUT2D eigenvalue weighted by Gasteiger charge is -2.08. The van der Waals surface area contributed by atoms with Crippen LogP contribution in [0.25, 0.3) is 0 Å². The fraction of sp³-hybridized carbons (Fsp3) is 0.0667. The third-order valence-electron chi connectivity index (χ3n) is 2.90. The maximum Gasteiger partial charge on any atom is 0.273 e. The molecular weight excluding hydrogens is 275 g/mol. The zero-order valence-corrected chi connectivity index (χ0v) is 10.7. The van der Waals surface area contributed by atoms with Crippen molar-refractivity contribution in [1.29, 1.82) is 5.26 Å². The van der Waals surface area contributed by atoms with Gasteiger partial charge in [0.05, 0.1) is 17.1 Å². The van der Waals surface area contributed by atoms with E-state index in [1.165, 1.54) is 0 Å². The van der Waals surface area contributed by atoms with Crippen molar-refractivity contribution in [3.8, 4) is 6.07 Å². The Morgan fingerprint density at radius 1 is 1.24 bits per heavy atom. The summed E-state index contributed by atoms with van der Waals surface area (Å²) in [6.07, 6.45) is 0. The van der Waals surface area contributed by atoms with Crippen molar-refractivity contribution in [1.82, 2.24) is 0 Å². The number of rotatable bonds is 4. The van der Waals surface area contributed by atoms with Crippen molar-refractivity contribution in [2.24, 2.45) is 0 Å². The average molecular weight is 284 g/mol. The summed E-state index contributed by atoms with van der Waals surface area (Å²) in [5.74, 6) is -2.70. The van der Waals surface area contributed by atoms with Crippen molar-refractivity contribution >= 4 is 11.5 Å². The molecule has 1 atom stereocenters. The first-order chi connectivity index (χ1) is 10.0. The smallest absolute Gasteiger partial charge is 0.273 e. The molecule has 0 aliphatic carbocycles. The molecule has 0 bridgehead atoms. The quantitative estimate of drug-likeness (QED) is 0.490. The van der Waals surface area contributed by atoms with Gasteiger partial charge in [0.2, 0.25) is 0 Å². The molecule has 0 saturated carbocycles. The van der Waals surface area contributed by atoms with E-state index in [9.17, 15) is 19.3 Å². The van der Waals surface area contributed by atoms with Gasteiger partial charge in [0.15, 0.2) is 5.78 Å². The van der Waals surface area contributed by atoms with E-state index in [0.717, 1.165) is 18.2 Å². The van der Waals surface area contributed by atoms with Gasteiger partial charge in [0.25, 0.3) is 5.69 Å². The minimum Gasteiger partial charge on any atom is -0.292 e. The van der Waals surface area contributed by atoms with E-state index in [0.29, 0.717) is 5.56 Å². The highest BCUT2D eigenvalue weighted by Crippen LogP contribution is 2.23. The summed E-state index contributed by atoms with van der Waals surface area (Å²) in [5, 5.41) is 19.9. The number of benzene rings is 2. The monoisotopic (exact) mass is 284 g/mol. The van der Waals surface area contributed by atoms with Crippen molar-refractivity contribution < 1.29 is 14.1 Å². The summed E-state index contributed by atoms with van der Waals surface area (Å²) < 4.78 is 13.4. The third-order valence-corrected chi connectivity index (χ3v) is 2.90. The number of nitrogens with zero attached hydrogens (tertiary/aromatic N) is 2. The molecule has 0 saturated heterocycles. The summed E-state index contributed by atoms with van der Waals surface area (Å²) in [5.41, 5.74) is -0.267. The molecule has 21 heavy (non-hydrogen) atoms. The zero-order valence-electron chi connectivity index (χ0n) is 10.7. The first-order valence-electron chi connectivity index (χ1n) is 5.96. The van der Waals surface area contributed by atoms with Crippen molar-refractivity contribution in [2.75, 3.05) is 0 Å². The Bertz CT molecular complexity index is 738. The summed E-state index contributed by atoms with van der Waals surface area (Å²) in [7, 11) is 0. The SMILES string of the molecule is N#CC(C(=O)c1cc(F)cc([N+](=O)[O-])c1)c1ccccc1. The maximum absolute atomic E-state index is 13.4. The predicted molar refractivity (Wildman–Crippen MR) is 72.2 cm³/mol. The number of ketones is 1. The van der Waals surface area contributed by atoms with Gasteiger partial charge in [0, 0.05) is 11.6 Å². The number of non-ortho nitro benzene ring substituents is 1. The first kappa shape index (κ1) is 14.3. The molecule has 0 spiro atoms. The molecule has 0 amide bonds. The summed E-state index contributed by atoms with van der Waals surface area (Å²) >= 11 is 0. The lowest BCUT2D eigenvalue weighted by Crippen LogP contribution is -2.12. The Morgan fingerprint density at radius 2 is 1.90 bits per heavy atom. The van der Waals surface area contributed by atoms with E-state index in [-0.39, 0.29) is 5.56 Å². The molecule has 0 N–H and O–H groups in total. The normalized spacial score (nSPS) is 11.4. The number of hydrogen-bond donors (Lipinski definition) is 0. The standard InChI is InChI=1S/C15H9FN2O3/c16-12-6-11(7-13(8-12)18(20)21)15(19)14(9-17)10-4-2-1-3-5-10/h1-8,14H. The Hall–Kier alpha value is -3.07. The lowest BCUT2D eigenvalue weighted by atomic mass is 9.91. The molecule has 0 aromatic heterocycles. The van der Waals surface area contributed by atoms with Gasteiger partial charge in [-0.15, -0.1) is 0 Å². The number of nitriles is 1. The first-order valence-corrected chi connectivity index (χ1v) is 5.96. The average Bonchev–Trinajstić information content (AvgIpc) is 2.48. The Morgan fingerprint density at radius 3 is 2.48 bits per heavy atom. The van der Waals surface area contributed by atoms with E-state index in [2.05, 4.69) is 0 Å². The highest BCUT2D eigenvalue weighted by atomic mass is 19.1. The van der Waals surface area contributed by atoms with Crippen LogP contribution in [-0.4, -0.2) is 10.7 Å². The zero-order chi connectivity index (χ0) is 15.4.